The van der Waals surface area contributed by atoms with Crippen LogP contribution < -0.4 is 0 Å². The van der Waals surface area contributed by atoms with Crippen molar-refractivity contribution in [2.24, 2.45) is 5.16 Å². The van der Waals surface area contributed by atoms with Gasteiger partial charge in [0, 0.05) is 6.20 Å². The Morgan fingerprint density at radius 2 is 2.67 bits per heavy atom. The summed E-state index contributed by atoms with van der Waals surface area (Å²) in [5.74, 6) is 0. The topological polar surface area (TPSA) is 45.5 Å². The summed E-state index contributed by atoms with van der Waals surface area (Å²) in [5, 5.41) is 10.8. The zero-order valence-electron chi connectivity index (χ0n) is 4.28. The first kappa shape index (κ1) is 6.51. The van der Waals surface area contributed by atoms with Crippen LogP contribution in [0.3, 0.4) is 0 Å². The first-order chi connectivity index (χ1) is 4.33. The summed E-state index contributed by atoms with van der Waals surface area (Å²) in [7, 11) is 0. The lowest BCUT2D eigenvalue weighted by atomic mass is 10.6. The van der Waals surface area contributed by atoms with Crippen molar-refractivity contribution >= 4 is 29.2 Å². The van der Waals surface area contributed by atoms with E-state index >= 15 is 0 Å². The van der Waals surface area contributed by atoms with Gasteiger partial charge >= 0.3 is 0 Å². The summed E-state index contributed by atoms with van der Waals surface area (Å²) >= 11 is 6.72. The summed E-state index contributed by atoms with van der Waals surface area (Å²) < 4.78 is 0.449. The largest absolute Gasteiger partial charge is 0.411 e. The van der Waals surface area contributed by atoms with E-state index in [4.69, 9.17) is 16.8 Å². The molecule has 0 aromatic carbocycles. The van der Waals surface area contributed by atoms with Crippen LogP contribution in [0, 0.1) is 0 Å². The van der Waals surface area contributed by atoms with Crippen molar-refractivity contribution in [2.75, 3.05) is 0 Å². The maximum Gasteiger partial charge on any atom is 0.184 e. The van der Waals surface area contributed by atoms with Gasteiger partial charge in [-0.15, -0.1) is 11.3 Å². The number of hydrogen-bond donors (Lipinski definition) is 1. The standard InChI is InChI=1S/C4H3ClN2OS/c5-4-6-1-3(9-4)2-7-8/h1-2,8H. The molecule has 0 saturated heterocycles. The van der Waals surface area contributed by atoms with E-state index in [1.54, 1.807) is 0 Å². The molecule has 0 aliphatic heterocycles. The van der Waals surface area contributed by atoms with Gasteiger partial charge in [-0.25, -0.2) is 4.98 Å². The molecule has 0 fully saturated rings. The second kappa shape index (κ2) is 2.80. The minimum atomic E-state index is 0.449. The number of hydrogen-bond acceptors (Lipinski definition) is 4. The predicted octanol–water partition coefficient (Wildman–Crippen LogP) is 1.60. The fourth-order valence-corrected chi connectivity index (χ4v) is 1.20. The number of rotatable bonds is 1. The molecule has 1 rings (SSSR count). The lowest BCUT2D eigenvalue weighted by Gasteiger charge is -1.72. The van der Waals surface area contributed by atoms with Gasteiger partial charge in [-0.3, -0.25) is 0 Å². The molecule has 1 N–H and O–H groups in total. The second-order valence-electron chi connectivity index (χ2n) is 1.26. The molecule has 0 saturated carbocycles. The van der Waals surface area contributed by atoms with Crippen molar-refractivity contribution in [2.45, 2.75) is 0 Å². The molecule has 9 heavy (non-hydrogen) atoms. The van der Waals surface area contributed by atoms with E-state index < -0.39 is 0 Å². The average molecular weight is 163 g/mol. The molecule has 1 heterocycles. The highest BCUT2D eigenvalue weighted by molar-refractivity contribution is 7.17. The molecule has 0 bridgehead atoms. The maximum absolute atomic E-state index is 8.03. The summed E-state index contributed by atoms with van der Waals surface area (Å²) in [4.78, 5) is 4.46. The van der Waals surface area contributed by atoms with E-state index in [0.29, 0.717) is 4.47 Å². The summed E-state index contributed by atoms with van der Waals surface area (Å²) in [6, 6.07) is 0. The minimum absolute atomic E-state index is 0.449. The van der Waals surface area contributed by atoms with Gasteiger partial charge in [-0.1, -0.05) is 16.8 Å². The van der Waals surface area contributed by atoms with Crippen molar-refractivity contribution in [1.82, 2.24) is 4.98 Å². The zero-order chi connectivity index (χ0) is 6.69. The molecule has 0 atom stereocenters. The summed E-state index contributed by atoms with van der Waals surface area (Å²) in [6.45, 7) is 0. The van der Waals surface area contributed by atoms with Gasteiger partial charge in [-0.05, 0) is 0 Å². The monoisotopic (exact) mass is 162 g/mol. The molecule has 0 aliphatic carbocycles. The first-order valence-corrected chi connectivity index (χ1v) is 3.31. The molecule has 5 heteroatoms. The lowest BCUT2D eigenvalue weighted by molar-refractivity contribution is 0.322. The van der Waals surface area contributed by atoms with Crippen LogP contribution in [0.1, 0.15) is 4.88 Å². The Morgan fingerprint density at radius 1 is 1.89 bits per heavy atom. The van der Waals surface area contributed by atoms with Gasteiger partial charge in [0.25, 0.3) is 0 Å². The predicted molar refractivity (Wildman–Crippen MR) is 36.5 cm³/mol. The number of thiazole rings is 1. The molecule has 1 aromatic rings. The SMILES string of the molecule is ON=Cc1cnc(Cl)s1. The Kier molecular flexibility index (Phi) is 2.02. The highest BCUT2D eigenvalue weighted by Gasteiger charge is 1.93. The van der Waals surface area contributed by atoms with E-state index in [-0.39, 0.29) is 0 Å². The Bertz CT molecular complexity index is 222. The van der Waals surface area contributed by atoms with E-state index in [1.807, 2.05) is 0 Å². The fraction of sp³-hybridized carbons (Fsp3) is 0. The van der Waals surface area contributed by atoms with Gasteiger partial charge < -0.3 is 5.21 Å². The Balaban J connectivity index is 2.85. The molecule has 0 spiro atoms. The Labute approximate surface area is 60.6 Å². The lowest BCUT2D eigenvalue weighted by Crippen LogP contribution is -1.68. The third kappa shape index (κ3) is 1.65. The molecular weight excluding hydrogens is 160 g/mol. The second-order valence-corrected chi connectivity index (χ2v) is 2.90. The van der Waals surface area contributed by atoms with Crippen LogP contribution in [0.5, 0.6) is 0 Å². The Morgan fingerprint density at radius 3 is 3.11 bits per heavy atom. The van der Waals surface area contributed by atoms with Crippen LogP contribution in [0.4, 0.5) is 0 Å². The number of aromatic nitrogens is 1. The van der Waals surface area contributed by atoms with Crippen LogP contribution in [0.2, 0.25) is 4.47 Å². The molecule has 0 amide bonds. The molecule has 48 valence electrons. The highest BCUT2D eigenvalue weighted by Crippen LogP contribution is 2.15. The van der Waals surface area contributed by atoms with E-state index in [9.17, 15) is 0 Å². The van der Waals surface area contributed by atoms with E-state index in [1.165, 1.54) is 23.7 Å². The number of halogens is 1. The van der Waals surface area contributed by atoms with Crippen LogP contribution in [0.25, 0.3) is 0 Å². The fourth-order valence-electron chi connectivity index (χ4n) is 0.381. The van der Waals surface area contributed by atoms with Crippen molar-refractivity contribution in [1.29, 1.82) is 0 Å². The molecular formula is C4H3ClN2OS. The smallest absolute Gasteiger partial charge is 0.184 e. The molecule has 0 unspecified atom stereocenters. The van der Waals surface area contributed by atoms with Gasteiger partial charge in [-0.2, -0.15) is 0 Å². The first-order valence-electron chi connectivity index (χ1n) is 2.11. The summed E-state index contributed by atoms with van der Waals surface area (Å²) in [5.41, 5.74) is 0. The maximum atomic E-state index is 8.03. The van der Waals surface area contributed by atoms with Gasteiger partial charge in [0.1, 0.15) is 0 Å². The van der Waals surface area contributed by atoms with Crippen molar-refractivity contribution in [3.05, 3.63) is 15.5 Å². The molecule has 3 nitrogen and oxygen atoms in total. The van der Waals surface area contributed by atoms with Gasteiger partial charge in [0.05, 0.1) is 11.1 Å². The third-order valence-electron chi connectivity index (χ3n) is 0.680. The third-order valence-corrected chi connectivity index (χ3v) is 1.73. The van der Waals surface area contributed by atoms with Gasteiger partial charge in [0.2, 0.25) is 0 Å². The minimum Gasteiger partial charge on any atom is -0.411 e. The van der Waals surface area contributed by atoms with E-state index in [0.717, 1.165) is 4.88 Å². The van der Waals surface area contributed by atoms with Gasteiger partial charge in [0.15, 0.2) is 4.47 Å². The van der Waals surface area contributed by atoms with Crippen LogP contribution in [-0.2, 0) is 0 Å². The molecule has 1 aromatic heterocycles. The van der Waals surface area contributed by atoms with Crippen molar-refractivity contribution in [3.63, 3.8) is 0 Å². The van der Waals surface area contributed by atoms with Crippen LogP contribution >= 0.6 is 22.9 Å². The highest BCUT2D eigenvalue weighted by atomic mass is 35.5. The average Bonchev–Trinajstić information content (AvgIpc) is 2.17. The Hall–Kier alpha value is -0.610. The van der Waals surface area contributed by atoms with E-state index in [2.05, 4.69) is 10.1 Å². The zero-order valence-corrected chi connectivity index (χ0v) is 5.85. The number of nitrogens with zero attached hydrogens (tertiary/aromatic N) is 2. The van der Waals surface area contributed by atoms with Crippen LogP contribution in [0.15, 0.2) is 11.4 Å². The molecule has 0 aliphatic rings. The molecule has 0 radical (unpaired) electrons. The summed E-state index contributed by atoms with van der Waals surface area (Å²) in [6.07, 6.45) is 2.82. The quantitative estimate of drug-likeness (QED) is 0.387. The van der Waals surface area contributed by atoms with Crippen LogP contribution in [-0.4, -0.2) is 16.4 Å². The number of oxime groups is 1. The van der Waals surface area contributed by atoms with Crippen molar-refractivity contribution < 1.29 is 5.21 Å². The van der Waals surface area contributed by atoms with Crippen molar-refractivity contribution in [3.8, 4) is 0 Å². The normalized spacial score (nSPS) is 10.8.